The number of para-hydroxylation sites is 1. The zero-order valence-corrected chi connectivity index (χ0v) is 14.8. The van der Waals surface area contributed by atoms with E-state index in [2.05, 4.69) is 23.1 Å². The fraction of sp³-hybridized carbons (Fsp3) is 0.286. The third-order valence-corrected chi connectivity index (χ3v) is 4.74. The summed E-state index contributed by atoms with van der Waals surface area (Å²) in [4.78, 5) is 19.0. The molecule has 1 aliphatic heterocycles. The lowest BCUT2D eigenvalue weighted by Crippen LogP contribution is -2.35. The molecular formula is C21H21N3O2. The van der Waals surface area contributed by atoms with Gasteiger partial charge in [0, 0.05) is 31.0 Å². The SMILES string of the molecule is C[C@@H]1Cc2ccccc2N1C(=O)CCc1nc(Cc2ccccc2)no1. The number of rotatable bonds is 5. The minimum absolute atomic E-state index is 0.102. The van der Waals surface area contributed by atoms with Gasteiger partial charge < -0.3 is 9.42 Å². The molecule has 5 heteroatoms. The predicted molar refractivity (Wildman–Crippen MR) is 99.0 cm³/mol. The highest BCUT2D eigenvalue weighted by atomic mass is 16.5. The molecule has 1 aliphatic rings. The molecule has 0 bridgehead atoms. The van der Waals surface area contributed by atoms with E-state index in [0.29, 0.717) is 31.0 Å². The first-order valence-electron chi connectivity index (χ1n) is 8.96. The maximum absolute atomic E-state index is 12.7. The number of fused-ring (bicyclic) bond motifs is 1. The second-order valence-electron chi connectivity index (χ2n) is 6.71. The minimum atomic E-state index is 0.102. The number of hydrogen-bond donors (Lipinski definition) is 0. The first-order valence-corrected chi connectivity index (χ1v) is 8.96. The van der Waals surface area contributed by atoms with Crippen molar-refractivity contribution in [3.8, 4) is 0 Å². The molecule has 1 atom stereocenters. The average Bonchev–Trinajstić information content (AvgIpc) is 3.23. The van der Waals surface area contributed by atoms with E-state index in [1.807, 2.05) is 53.4 Å². The quantitative estimate of drug-likeness (QED) is 0.708. The van der Waals surface area contributed by atoms with Crippen molar-refractivity contribution in [2.45, 2.75) is 38.6 Å². The van der Waals surface area contributed by atoms with Crippen LogP contribution in [0.3, 0.4) is 0 Å². The zero-order chi connectivity index (χ0) is 17.9. The van der Waals surface area contributed by atoms with E-state index in [9.17, 15) is 4.79 Å². The van der Waals surface area contributed by atoms with Crippen LogP contribution in [0.2, 0.25) is 0 Å². The molecule has 0 saturated heterocycles. The van der Waals surface area contributed by atoms with Crippen molar-refractivity contribution in [3.05, 3.63) is 77.4 Å². The summed E-state index contributed by atoms with van der Waals surface area (Å²) in [7, 11) is 0. The second kappa shape index (κ2) is 7.12. The Balaban J connectivity index is 1.38. The van der Waals surface area contributed by atoms with Gasteiger partial charge in [-0.3, -0.25) is 4.79 Å². The lowest BCUT2D eigenvalue weighted by molar-refractivity contribution is -0.118. The van der Waals surface area contributed by atoms with Crippen LogP contribution < -0.4 is 4.90 Å². The van der Waals surface area contributed by atoms with Gasteiger partial charge in [0.2, 0.25) is 11.8 Å². The van der Waals surface area contributed by atoms with Crippen molar-refractivity contribution in [2.75, 3.05) is 4.90 Å². The standard InChI is InChI=1S/C21H21N3O2/c1-15-13-17-9-5-6-10-18(17)24(15)21(25)12-11-20-22-19(23-26-20)14-16-7-3-2-4-8-16/h2-10,15H,11-14H2,1H3/t15-/m1/s1. The topological polar surface area (TPSA) is 59.2 Å². The maximum Gasteiger partial charge on any atom is 0.227 e. The number of benzene rings is 2. The highest BCUT2D eigenvalue weighted by Crippen LogP contribution is 2.32. The molecule has 0 fully saturated rings. The monoisotopic (exact) mass is 347 g/mol. The Labute approximate surface area is 152 Å². The van der Waals surface area contributed by atoms with Crippen molar-refractivity contribution in [3.63, 3.8) is 0 Å². The Morgan fingerprint density at radius 1 is 1.15 bits per heavy atom. The summed E-state index contributed by atoms with van der Waals surface area (Å²) in [6.07, 6.45) is 2.37. The third kappa shape index (κ3) is 3.38. The summed E-state index contributed by atoms with van der Waals surface area (Å²) in [5.41, 5.74) is 3.40. The molecule has 0 aliphatic carbocycles. The summed E-state index contributed by atoms with van der Waals surface area (Å²) in [5.74, 6) is 1.27. The third-order valence-electron chi connectivity index (χ3n) is 4.74. The highest BCUT2D eigenvalue weighted by molar-refractivity contribution is 5.96. The van der Waals surface area contributed by atoms with E-state index in [4.69, 9.17) is 4.52 Å². The van der Waals surface area contributed by atoms with Gasteiger partial charge in [-0.15, -0.1) is 0 Å². The summed E-state index contributed by atoms with van der Waals surface area (Å²) in [5, 5.41) is 4.03. The van der Waals surface area contributed by atoms with Crippen LogP contribution in [-0.4, -0.2) is 22.1 Å². The Morgan fingerprint density at radius 3 is 2.77 bits per heavy atom. The maximum atomic E-state index is 12.7. The molecule has 0 unspecified atom stereocenters. The molecule has 1 amide bonds. The lowest BCUT2D eigenvalue weighted by Gasteiger charge is -2.22. The molecule has 2 heterocycles. The molecular weight excluding hydrogens is 326 g/mol. The van der Waals surface area contributed by atoms with Crippen molar-refractivity contribution in [1.29, 1.82) is 0 Å². The molecule has 0 spiro atoms. The van der Waals surface area contributed by atoms with Gasteiger partial charge in [-0.2, -0.15) is 4.98 Å². The van der Waals surface area contributed by atoms with Crippen LogP contribution in [0.1, 0.15) is 36.2 Å². The van der Waals surface area contributed by atoms with Gasteiger partial charge in [0.05, 0.1) is 0 Å². The number of anilines is 1. The van der Waals surface area contributed by atoms with E-state index < -0.39 is 0 Å². The fourth-order valence-electron chi connectivity index (χ4n) is 3.52. The van der Waals surface area contributed by atoms with Crippen LogP contribution >= 0.6 is 0 Å². The number of aromatic nitrogens is 2. The van der Waals surface area contributed by atoms with Gasteiger partial charge >= 0.3 is 0 Å². The molecule has 5 nitrogen and oxygen atoms in total. The van der Waals surface area contributed by atoms with Crippen molar-refractivity contribution in [1.82, 2.24) is 10.1 Å². The van der Waals surface area contributed by atoms with Gasteiger partial charge in [0.15, 0.2) is 5.82 Å². The van der Waals surface area contributed by atoms with Crippen LogP contribution in [-0.2, 0) is 24.1 Å². The van der Waals surface area contributed by atoms with Crippen molar-refractivity contribution < 1.29 is 9.32 Å². The van der Waals surface area contributed by atoms with E-state index in [1.54, 1.807) is 0 Å². The largest absolute Gasteiger partial charge is 0.339 e. The number of carbonyl (C=O) groups is 1. The smallest absolute Gasteiger partial charge is 0.227 e. The number of hydrogen-bond acceptors (Lipinski definition) is 4. The van der Waals surface area contributed by atoms with E-state index >= 15 is 0 Å². The Morgan fingerprint density at radius 2 is 1.92 bits per heavy atom. The van der Waals surface area contributed by atoms with E-state index in [-0.39, 0.29) is 11.9 Å². The van der Waals surface area contributed by atoms with Gasteiger partial charge in [0.25, 0.3) is 0 Å². The molecule has 0 N–H and O–H groups in total. The van der Waals surface area contributed by atoms with Gasteiger partial charge in [-0.05, 0) is 30.5 Å². The Bertz CT molecular complexity index is 904. The summed E-state index contributed by atoms with van der Waals surface area (Å²) >= 11 is 0. The summed E-state index contributed by atoms with van der Waals surface area (Å²) in [6.45, 7) is 2.09. The Kier molecular flexibility index (Phi) is 4.52. The fourth-order valence-corrected chi connectivity index (χ4v) is 3.52. The number of carbonyl (C=O) groups excluding carboxylic acids is 1. The molecule has 0 radical (unpaired) electrons. The van der Waals surface area contributed by atoms with Crippen LogP contribution in [0.25, 0.3) is 0 Å². The Hall–Kier alpha value is -2.95. The van der Waals surface area contributed by atoms with Crippen LogP contribution in [0.4, 0.5) is 5.69 Å². The summed E-state index contributed by atoms with van der Waals surface area (Å²) in [6, 6.07) is 18.3. The minimum Gasteiger partial charge on any atom is -0.339 e. The van der Waals surface area contributed by atoms with Gasteiger partial charge in [0.1, 0.15) is 0 Å². The molecule has 0 saturated carbocycles. The van der Waals surface area contributed by atoms with Gasteiger partial charge in [-0.1, -0.05) is 53.7 Å². The van der Waals surface area contributed by atoms with Crippen LogP contribution in [0.5, 0.6) is 0 Å². The van der Waals surface area contributed by atoms with Crippen molar-refractivity contribution in [2.24, 2.45) is 0 Å². The molecule has 3 aromatic rings. The molecule has 1 aromatic heterocycles. The normalized spacial score (nSPS) is 15.9. The number of amides is 1. The van der Waals surface area contributed by atoms with Crippen LogP contribution in [0, 0.1) is 0 Å². The molecule has 26 heavy (non-hydrogen) atoms. The highest BCUT2D eigenvalue weighted by Gasteiger charge is 2.30. The number of aryl methyl sites for hydroxylation is 1. The first kappa shape index (κ1) is 16.5. The molecule has 132 valence electrons. The molecule has 2 aromatic carbocycles. The molecule has 4 rings (SSSR count). The van der Waals surface area contributed by atoms with Gasteiger partial charge in [-0.25, -0.2) is 0 Å². The lowest BCUT2D eigenvalue weighted by atomic mass is 10.1. The van der Waals surface area contributed by atoms with E-state index in [1.165, 1.54) is 5.56 Å². The van der Waals surface area contributed by atoms with E-state index in [0.717, 1.165) is 17.7 Å². The van der Waals surface area contributed by atoms with Crippen molar-refractivity contribution >= 4 is 11.6 Å². The first-order chi connectivity index (χ1) is 12.7. The predicted octanol–water partition coefficient (Wildman–Crippen LogP) is 3.57. The number of nitrogens with zero attached hydrogens (tertiary/aromatic N) is 3. The zero-order valence-electron chi connectivity index (χ0n) is 14.8. The summed E-state index contributed by atoms with van der Waals surface area (Å²) < 4.78 is 5.31. The van der Waals surface area contributed by atoms with Crippen LogP contribution in [0.15, 0.2) is 59.1 Å². The second-order valence-corrected chi connectivity index (χ2v) is 6.71. The average molecular weight is 347 g/mol.